The van der Waals surface area contributed by atoms with Gasteiger partial charge in [-0.15, -0.1) is 0 Å². The third-order valence-corrected chi connectivity index (χ3v) is 6.71. The van der Waals surface area contributed by atoms with Crippen molar-refractivity contribution in [2.75, 3.05) is 19.7 Å². The molecule has 2 fully saturated rings. The molecule has 1 aliphatic carbocycles. The third-order valence-electron chi connectivity index (χ3n) is 6.71. The summed E-state index contributed by atoms with van der Waals surface area (Å²) in [6.07, 6.45) is 9.27. The average molecular weight is 415 g/mol. The highest BCUT2D eigenvalue weighted by atomic mass is 16.4. The van der Waals surface area contributed by atoms with Crippen molar-refractivity contribution < 1.29 is 25.2 Å². The molecule has 7 nitrogen and oxygen atoms in total. The summed E-state index contributed by atoms with van der Waals surface area (Å²) in [6.45, 7) is 2.78. The molecule has 29 heavy (non-hydrogen) atoms. The van der Waals surface area contributed by atoms with Crippen molar-refractivity contribution in [3.8, 4) is 0 Å². The minimum atomic E-state index is -1.22. The molecule has 0 radical (unpaired) electrons. The Labute approximate surface area is 175 Å². The number of carbonyl (C=O) groups excluding carboxylic acids is 1. The van der Waals surface area contributed by atoms with Gasteiger partial charge in [-0.2, -0.15) is 0 Å². The van der Waals surface area contributed by atoms with E-state index in [0.29, 0.717) is 13.0 Å². The summed E-state index contributed by atoms with van der Waals surface area (Å²) in [5.74, 6) is 0.131. The van der Waals surface area contributed by atoms with Gasteiger partial charge in [0.1, 0.15) is 12.2 Å². The molecule has 1 aliphatic heterocycles. The Bertz CT molecular complexity index is 480. The van der Waals surface area contributed by atoms with Crippen LogP contribution in [0, 0.1) is 0 Å². The fraction of sp³-hybridized carbons (Fsp3) is 0.955. The Balaban J connectivity index is 1.67. The standard InChI is InChI=1S/C22H42N2O5/c1-22(12-8-4-2-3-5-9-13-22)23-19(27)11-7-6-10-14-24-15-18(26)21(29)20(28)17(24)16-25/h17-18,20-21,25-26,28-29H,2-16H2,1H3,(H,23,27)/t17-,18+,20+,21-/m1/s1. The number of nitrogens with one attached hydrogen (secondary N) is 1. The molecule has 2 rings (SSSR count). The van der Waals surface area contributed by atoms with Gasteiger partial charge in [0.05, 0.1) is 18.8 Å². The molecule has 2 aliphatic rings. The zero-order valence-electron chi connectivity index (χ0n) is 18.1. The first-order valence-electron chi connectivity index (χ1n) is 11.6. The maximum Gasteiger partial charge on any atom is 0.220 e. The number of amides is 1. The second kappa shape index (κ2) is 12.2. The fourth-order valence-electron chi connectivity index (χ4n) is 4.80. The van der Waals surface area contributed by atoms with Crippen molar-refractivity contribution in [3.05, 3.63) is 0 Å². The fourth-order valence-corrected chi connectivity index (χ4v) is 4.80. The summed E-state index contributed by atoms with van der Waals surface area (Å²) in [5, 5.41) is 42.4. The lowest BCUT2D eigenvalue weighted by atomic mass is 9.89. The zero-order chi connectivity index (χ0) is 21.3. The molecule has 170 valence electrons. The van der Waals surface area contributed by atoms with Crippen LogP contribution in [0.5, 0.6) is 0 Å². The van der Waals surface area contributed by atoms with Crippen LogP contribution >= 0.6 is 0 Å². The number of hydrogen-bond donors (Lipinski definition) is 5. The van der Waals surface area contributed by atoms with Crippen LogP contribution in [0.3, 0.4) is 0 Å². The van der Waals surface area contributed by atoms with Crippen molar-refractivity contribution in [1.29, 1.82) is 0 Å². The molecule has 1 saturated heterocycles. The highest BCUT2D eigenvalue weighted by Gasteiger charge is 2.40. The van der Waals surface area contributed by atoms with Crippen LogP contribution in [0.15, 0.2) is 0 Å². The third kappa shape index (κ3) is 7.79. The van der Waals surface area contributed by atoms with Crippen LogP contribution < -0.4 is 5.32 Å². The molecule has 0 spiro atoms. The Morgan fingerprint density at radius 2 is 1.59 bits per heavy atom. The largest absolute Gasteiger partial charge is 0.395 e. The van der Waals surface area contributed by atoms with E-state index in [1.54, 1.807) is 0 Å². The second-order valence-corrected chi connectivity index (χ2v) is 9.33. The van der Waals surface area contributed by atoms with Crippen LogP contribution in [-0.2, 0) is 4.79 Å². The lowest BCUT2D eigenvalue weighted by molar-refractivity contribution is -0.145. The van der Waals surface area contributed by atoms with Crippen molar-refractivity contribution >= 4 is 5.91 Å². The highest BCUT2D eigenvalue weighted by molar-refractivity contribution is 5.76. The predicted octanol–water partition coefficient (Wildman–Crippen LogP) is 1.32. The molecule has 5 N–H and O–H groups in total. The predicted molar refractivity (Wildman–Crippen MR) is 112 cm³/mol. The minimum absolute atomic E-state index is 0.0727. The van der Waals surface area contributed by atoms with E-state index in [9.17, 15) is 25.2 Å². The van der Waals surface area contributed by atoms with E-state index < -0.39 is 24.4 Å². The SMILES string of the molecule is CC1(NC(=O)CCCCCN2C[C@H](O)[C@@H](O)[C@@H](O)[C@H]2CO)CCCCCCCC1. The van der Waals surface area contributed by atoms with E-state index in [0.717, 1.165) is 32.1 Å². The maximum atomic E-state index is 12.4. The van der Waals surface area contributed by atoms with Crippen molar-refractivity contribution in [1.82, 2.24) is 10.2 Å². The van der Waals surface area contributed by atoms with Crippen LogP contribution in [0.2, 0.25) is 0 Å². The van der Waals surface area contributed by atoms with E-state index in [1.807, 2.05) is 4.90 Å². The average Bonchev–Trinajstić information content (AvgIpc) is 2.78. The van der Waals surface area contributed by atoms with Gasteiger partial charge in [-0.1, -0.05) is 44.9 Å². The summed E-state index contributed by atoms with van der Waals surface area (Å²) >= 11 is 0. The van der Waals surface area contributed by atoms with E-state index >= 15 is 0 Å². The molecule has 1 amide bonds. The number of unbranched alkanes of at least 4 members (excludes halogenated alkanes) is 2. The number of piperidine rings is 1. The summed E-state index contributed by atoms with van der Waals surface area (Å²) in [6, 6.07) is -0.556. The van der Waals surface area contributed by atoms with Gasteiger partial charge in [0.25, 0.3) is 0 Å². The van der Waals surface area contributed by atoms with Gasteiger partial charge in [0, 0.05) is 18.5 Å². The Morgan fingerprint density at radius 3 is 2.21 bits per heavy atom. The van der Waals surface area contributed by atoms with Crippen LogP contribution in [0.4, 0.5) is 0 Å². The van der Waals surface area contributed by atoms with Gasteiger partial charge in [0.15, 0.2) is 0 Å². The number of aliphatic hydroxyl groups excluding tert-OH is 4. The maximum absolute atomic E-state index is 12.4. The molecule has 0 bridgehead atoms. The first-order valence-corrected chi connectivity index (χ1v) is 11.6. The van der Waals surface area contributed by atoms with Gasteiger partial charge >= 0.3 is 0 Å². The smallest absolute Gasteiger partial charge is 0.220 e. The van der Waals surface area contributed by atoms with Gasteiger partial charge in [-0.05, 0) is 39.2 Å². The lowest BCUT2D eigenvalue weighted by Crippen LogP contribution is -2.62. The lowest BCUT2D eigenvalue weighted by Gasteiger charge is -2.43. The summed E-state index contributed by atoms with van der Waals surface area (Å²) in [4.78, 5) is 14.3. The number of carbonyl (C=O) groups is 1. The van der Waals surface area contributed by atoms with Gasteiger partial charge in [-0.3, -0.25) is 9.69 Å². The Morgan fingerprint density at radius 1 is 0.966 bits per heavy atom. The van der Waals surface area contributed by atoms with Crippen LogP contribution in [-0.4, -0.2) is 80.8 Å². The molecule has 0 aromatic carbocycles. The molecule has 1 saturated carbocycles. The number of aliphatic hydroxyl groups is 4. The second-order valence-electron chi connectivity index (χ2n) is 9.33. The topological polar surface area (TPSA) is 113 Å². The molecule has 0 unspecified atom stereocenters. The first-order chi connectivity index (χ1) is 13.9. The summed E-state index contributed by atoms with van der Waals surface area (Å²) in [5.41, 5.74) is -0.0727. The summed E-state index contributed by atoms with van der Waals surface area (Å²) < 4.78 is 0. The van der Waals surface area contributed by atoms with Crippen LogP contribution in [0.1, 0.15) is 84.0 Å². The Hall–Kier alpha value is -0.730. The Kier molecular flexibility index (Phi) is 10.3. The van der Waals surface area contributed by atoms with Gasteiger partial charge in [-0.25, -0.2) is 0 Å². The van der Waals surface area contributed by atoms with E-state index in [-0.39, 0.29) is 24.6 Å². The number of β-amino-alcohol motifs (C(OH)–C–C–N with tert-alkyl or cyclic N) is 1. The molecule has 0 aromatic heterocycles. The summed E-state index contributed by atoms with van der Waals surface area (Å²) in [7, 11) is 0. The monoisotopic (exact) mass is 414 g/mol. The number of nitrogens with zero attached hydrogens (tertiary/aromatic N) is 1. The minimum Gasteiger partial charge on any atom is -0.395 e. The molecule has 0 aromatic rings. The van der Waals surface area contributed by atoms with E-state index in [2.05, 4.69) is 12.2 Å². The van der Waals surface area contributed by atoms with Crippen molar-refractivity contribution in [2.45, 2.75) is 114 Å². The molecular weight excluding hydrogens is 372 g/mol. The van der Waals surface area contributed by atoms with Gasteiger partial charge < -0.3 is 25.7 Å². The normalized spacial score (nSPS) is 31.5. The first kappa shape index (κ1) is 24.5. The van der Waals surface area contributed by atoms with E-state index in [1.165, 1.54) is 38.5 Å². The highest BCUT2D eigenvalue weighted by Crippen LogP contribution is 2.25. The van der Waals surface area contributed by atoms with Gasteiger partial charge in [0.2, 0.25) is 5.91 Å². The molecule has 1 heterocycles. The molecular formula is C22H42N2O5. The van der Waals surface area contributed by atoms with E-state index in [4.69, 9.17) is 0 Å². The number of hydrogen-bond acceptors (Lipinski definition) is 6. The van der Waals surface area contributed by atoms with Crippen molar-refractivity contribution in [2.24, 2.45) is 0 Å². The molecule has 4 atom stereocenters. The molecule has 7 heteroatoms. The van der Waals surface area contributed by atoms with Crippen molar-refractivity contribution in [3.63, 3.8) is 0 Å². The number of rotatable bonds is 8. The number of likely N-dealkylation sites (tertiary alicyclic amines) is 1. The quantitative estimate of drug-likeness (QED) is 0.383. The van der Waals surface area contributed by atoms with Crippen LogP contribution in [0.25, 0.3) is 0 Å². The zero-order valence-corrected chi connectivity index (χ0v) is 18.1.